The number of benzene rings is 2. The lowest BCUT2D eigenvalue weighted by molar-refractivity contribution is -0.111. The van der Waals surface area contributed by atoms with E-state index in [9.17, 15) is 4.79 Å². The van der Waals surface area contributed by atoms with E-state index in [1.54, 1.807) is 38.5 Å². The van der Waals surface area contributed by atoms with Gasteiger partial charge in [-0.15, -0.1) is 0 Å². The molecular formula is C19H20ClNO3. The van der Waals surface area contributed by atoms with Gasteiger partial charge >= 0.3 is 0 Å². The van der Waals surface area contributed by atoms with Crippen molar-refractivity contribution in [1.82, 2.24) is 0 Å². The summed E-state index contributed by atoms with van der Waals surface area (Å²) in [5.41, 5.74) is 3.33. The zero-order valence-corrected chi connectivity index (χ0v) is 14.9. The highest BCUT2D eigenvalue weighted by Gasteiger charge is 2.08. The van der Waals surface area contributed by atoms with Crippen molar-refractivity contribution in [3.8, 4) is 11.5 Å². The number of rotatable bonds is 5. The fourth-order valence-corrected chi connectivity index (χ4v) is 2.74. The molecule has 1 N–H and O–H groups in total. The van der Waals surface area contributed by atoms with Gasteiger partial charge in [0.1, 0.15) is 11.5 Å². The van der Waals surface area contributed by atoms with E-state index in [1.807, 2.05) is 26.0 Å². The lowest BCUT2D eigenvalue weighted by Crippen LogP contribution is -2.09. The average molecular weight is 346 g/mol. The number of ether oxygens (including phenoxy) is 2. The van der Waals surface area contributed by atoms with Gasteiger partial charge in [0.05, 0.1) is 24.9 Å². The van der Waals surface area contributed by atoms with E-state index in [0.29, 0.717) is 22.2 Å². The highest BCUT2D eigenvalue weighted by Crippen LogP contribution is 2.28. The topological polar surface area (TPSA) is 47.6 Å². The van der Waals surface area contributed by atoms with Crippen molar-refractivity contribution in [2.75, 3.05) is 19.5 Å². The van der Waals surface area contributed by atoms with Crippen LogP contribution in [0, 0.1) is 13.8 Å². The number of carbonyl (C=O) groups is 1. The van der Waals surface area contributed by atoms with Crippen molar-refractivity contribution in [1.29, 1.82) is 0 Å². The highest BCUT2D eigenvalue weighted by molar-refractivity contribution is 6.34. The minimum Gasteiger partial charge on any atom is -0.497 e. The Hall–Kier alpha value is -2.46. The third-order valence-electron chi connectivity index (χ3n) is 3.53. The Bertz CT molecular complexity index is 761. The molecule has 0 saturated heterocycles. The average Bonchev–Trinajstić information content (AvgIpc) is 2.55. The molecule has 0 aliphatic heterocycles. The molecule has 2 aromatic carbocycles. The Kier molecular flexibility index (Phi) is 5.88. The minimum atomic E-state index is -0.270. The van der Waals surface area contributed by atoms with Crippen LogP contribution >= 0.6 is 11.6 Å². The molecule has 0 bridgehead atoms. The highest BCUT2D eigenvalue weighted by atomic mass is 35.5. The maximum Gasteiger partial charge on any atom is 0.248 e. The van der Waals surface area contributed by atoms with Gasteiger partial charge in [-0.25, -0.2) is 0 Å². The van der Waals surface area contributed by atoms with E-state index >= 15 is 0 Å². The summed E-state index contributed by atoms with van der Waals surface area (Å²) in [6.45, 7) is 3.86. The maximum absolute atomic E-state index is 12.2. The molecular weight excluding hydrogens is 326 g/mol. The van der Waals surface area contributed by atoms with Gasteiger partial charge in [0.15, 0.2) is 0 Å². The van der Waals surface area contributed by atoms with Crippen molar-refractivity contribution < 1.29 is 14.3 Å². The molecule has 0 aliphatic rings. The van der Waals surface area contributed by atoms with Crippen LogP contribution in [0.5, 0.6) is 11.5 Å². The molecule has 2 aromatic rings. The Morgan fingerprint density at radius 1 is 1.12 bits per heavy atom. The standard InChI is InChI=1S/C19H20ClNO3/c1-12-9-13(2)19(16(20)10-12)21-18(22)8-5-14-11-15(23-3)6-7-17(14)24-4/h5-11H,1-4H3,(H,21,22)/b8-5+. The second-order valence-corrected chi connectivity index (χ2v) is 5.78. The van der Waals surface area contributed by atoms with E-state index in [1.165, 1.54) is 6.08 Å². The summed E-state index contributed by atoms with van der Waals surface area (Å²) in [5, 5.41) is 3.33. The van der Waals surface area contributed by atoms with Crippen LogP contribution in [0.15, 0.2) is 36.4 Å². The molecule has 2 rings (SSSR count). The van der Waals surface area contributed by atoms with E-state index in [-0.39, 0.29) is 5.91 Å². The molecule has 0 atom stereocenters. The van der Waals surface area contributed by atoms with Crippen LogP contribution < -0.4 is 14.8 Å². The molecule has 0 unspecified atom stereocenters. The third kappa shape index (κ3) is 4.30. The van der Waals surface area contributed by atoms with Crippen molar-refractivity contribution in [3.63, 3.8) is 0 Å². The van der Waals surface area contributed by atoms with Crippen LogP contribution in [0.4, 0.5) is 5.69 Å². The number of aryl methyl sites for hydroxylation is 2. The number of hydrogen-bond acceptors (Lipinski definition) is 3. The maximum atomic E-state index is 12.2. The Morgan fingerprint density at radius 3 is 2.50 bits per heavy atom. The van der Waals surface area contributed by atoms with Crippen LogP contribution in [0.1, 0.15) is 16.7 Å². The second kappa shape index (κ2) is 7.88. The number of amides is 1. The second-order valence-electron chi connectivity index (χ2n) is 5.37. The SMILES string of the molecule is COc1ccc(OC)c(/C=C/C(=O)Nc2c(C)cc(C)cc2Cl)c1. The molecule has 24 heavy (non-hydrogen) atoms. The first kappa shape index (κ1) is 17.9. The third-order valence-corrected chi connectivity index (χ3v) is 3.83. The molecule has 0 aliphatic carbocycles. The van der Waals surface area contributed by atoms with Crippen LogP contribution in [-0.2, 0) is 4.79 Å². The van der Waals surface area contributed by atoms with Gasteiger partial charge in [-0.3, -0.25) is 4.79 Å². The van der Waals surface area contributed by atoms with Gasteiger partial charge < -0.3 is 14.8 Å². The summed E-state index contributed by atoms with van der Waals surface area (Å²) in [6.07, 6.45) is 3.11. The van der Waals surface area contributed by atoms with Gasteiger partial charge in [-0.05, 0) is 55.3 Å². The normalized spacial score (nSPS) is 10.7. The molecule has 5 heteroatoms. The van der Waals surface area contributed by atoms with Crippen molar-refractivity contribution in [2.24, 2.45) is 0 Å². The quantitative estimate of drug-likeness (QED) is 0.804. The van der Waals surface area contributed by atoms with Crippen LogP contribution in [0.3, 0.4) is 0 Å². The van der Waals surface area contributed by atoms with E-state index in [2.05, 4.69) is 5.32 Å². The number of methoxy groups -OCH3 is 2. The Labute approximate surface area is 147 Å². The zero-order chi connectivity index (χ0) is 17.7. The fourth-order valence-electron chi connectivity index (χ4n) is 2.37. The fraction of sp³-hybridized carbons (Fsp3) is 0.211. The molecule has 1 amide bonds. The Morgan fingerprint density at radius 2 is 1.88 bits per heavy atom. The number of carbonyl (C=O) groups excluding carboxylic acids is 1. The first-order valence-electron chi connectivity index (χ1n) is 7.42. The summed E-state index contributed by atoms with van der Waals surface area (Å²) in [7, 11) is 3.17. The summed E-state index contributed by atoms with van der Waals surface area (Å²) in [4.78, 5) is 12.2. The first-order valence-corrected chi connectivity index (χ1v) is 7.80. The van der Waals surface area contributed by atoms with Crippen molar-refractivity contribution >= 4 is 29.3 Å². The predicted molar refractivity (Wildman–Crippen MR) is 98.1 cm³/mol. The molecule has 4 nitrogen and oxygen atoms in total. The lowest BCUT2D eigenvalue weighted by atomic mass is 10.1. The molecule has 0 aromatic heterocycles. The first-order chi connectivity index (χ1) is 11.4. The summed E-state index contributed by atoms with van der Waals surface area (Å²) in [5.74, 6) is 1.08. The summed E-state index contributed by atoms with van der Waals surface area (Å²) in [6, 6.07) is 9.17. The van der Waals surface area contributed by atoms with Crippen LogP contribution in [0.2, 0.25) is 5.02 Å². The monoisotopic (exact) mass is 345 g/mol. The van der Waals surface area contributed by atoms with Crippen molar-refractivity contribution in [2.45, 2.75) is 13.8 Å². The predicted octanol–water partition coefficient (Wildman–Crippen LogP) is 4.63. The number of nitrogens with one attached hydrogen (secondary N) is 1. The van der Waals surface area contributed by atoms with Gasteiger partial charge in [-0.1, -0.05) is 17.7 Å². The molecule has 0 radical (unpaired) electrons. The van der Waals surface area contributed by atoms with E-state index < -0.39 is 0 Å². The summed E-state index contributed by atoms with van der Waals surface area (Å²) >= 11 is 6.21. The van der Waals surface area contributed by atoms with Gasteiger partial charge in [-0.2, -0.15) is 0 Å². The zero-order valence-electron chi connectivity index (χ0n) is 14.1. The van der Waals surface area contributed by atoms with E-state index in [4.69, 9.17) is 21.1 Å². The lowest BCUT2D eigenvalue weighted by Gasteiger charge is -2.10. The Balaban J connectivity index is 2.20. The molecule has 0 saturated carbocycles. The molecule has 0 fully saturated rings. The molecule has 0 heterocycles. The number of anilines is 1. The van der Waals surface area contributed by atoms with Crippen LogP contribution in [-0.4, -0.2) is 20.1 Å². The van der Waals surface area contributed by atoms with Gasteiger partial charge in [0, 0.05) is 11.6 Å². The van der Waals surface area contributed by atoms with Crippen LogP contribution in [0.25, 0.3) is 6.08 Å². The smallest absolute Gasteiger partial charge is 0.248 e. The van der Waals surface area contributed by atoms with Gasteiger partial charge in [0.2, 0.25) is 5.91 Å². The minimum absolute atomic E-state index is 0.270. The largest absolute Gasteiger partial charge is 0.497 e. The molecule has 126 valence electrons. The summed E-state index contributed by atoms with van der Waals surface area (Å²) < 4.78 is 10.5. The van der Waals surface area contributed by atoms with E-state index in [0.717, 1.165) is 16.7 Å². The number of halogens is 1. The van der Waals surface area contributed by atoms with Crippen molar-refractivity contribution in [3.05, 3.63) is 58.1 Å². The molecule has 0 spiro atoms. The number of hydrogen-bond donors (Lipinski definition) is 1. The van der Waals surface area contributed by atoms with Gasteiger partial charge in [0.25, 0.3) is 0 Å².